The zero-order chi connectivity index (χ0) is 14.5. The third kappa shape index (κ3) is 3.13. The summed E-state index contributed by atoms with van der Waals surface area (Å²) in [5.74, 6) is -0.216. The molecule has 2 aromatic rings. The Balaban J connectivity index is 2.38. The Morgan fingerprint density at radius 3 is 2.70 bits per heavy atom. The molecule has 0 spiro atoms. The predicted molar refractivity (Wildman–Crippen MR) is 75.8 cm³/mol. The maximum Gasteiger partial charge on any atom is 0.180 e. The summed E-state index contributed by atoms with van der Waals surface area (Å²) in [5, 5.41) is 19.5. The highest BCUT2D eigenvalue weighted by Crippen LogP contribution is 2.37. The van der Waals surface area contributed by atoms with Gasteiger partial charge in [0.2, 0.25) is 0 Å². The Morgan fingerprint density at radius 1 is 1.35 bits per heavy atom. The molecule has 0 fully saturated rings. The van der Waals surface area contributed by atoms with E-state index in [9.17, 15) is 10.4 Å². The number of aliphatic hydroxyl groups excluding tert-OH is 1. The van der Waals surface area contributed by atoms with Gasteiger partial charge in [0.05, 0.1) is 28.2 Å². The SMILES string of the molecule is N#C[C@H](c1ccc(Cl)c(Cl)c1)[C@H](CCO)c1cnco1. The number of nitriles is 1. The zero-order valence-corrected chi connectivity index (χ0v) is 12.0. The molecule has 0 radical (unpaired) electrons. The molecule has 6 heteroatoms. The summed E-state index contributed by atoms with van der Waals surface area (Å²) in [5.41, 5.74) is 0.733. The Bertz CT molecular complexity index is 608. The molecule has 0 aliphatic heterocycles. The van der Waals surface area contributed by atoms with Gasteiger partial charge in [0.25, 0.3) is 0 Å². The van der Waals surface area contributed by atoms with E-state index in [1.807, 2.05) is 0 Å². The molecule has 0 unspecified atom stereocenters. The Morgan fingerprint density at radius 2 is 2.15 bits per heavy atom. The number of hydrogen-bond donors (Lipinski definition) is 1. The fourth-order valence-electron chi connectivity index (χ4n) is 2.12. The summed E-state index contributed by atoms with van der Waals surface area (Å²) in [6, 6.07) is 7.31. The lowest BCUT2D eigenvalue weighted by Gasteiger charge is -2.19. The van der Waals surface area contributed by atoms with Crippen molar-refractivity contribution >= 4 is 23.2 Å². The molecule has 1 aromatic heterocycles. The van der Waals surface area contributed by atoms with Crippen LogP contribution < -0.4 is 0 Å². The van der Waals surface area contributed by atoms with Crippen LogP contribution in [0.4, 0.5) is 0 Å². The monoisotopic (exact) mass is 310 g/mol. The van der Waals surface area contributed by atoms with Crippen molar-refractivity contribution in [1.82, 2.24) is 4.98 Å². The second-order valence-corrected chi connectivity index (χ2v) is 5.12. The van der Waals surface area contributed by atoms with Crippen molar-refractivity contribution in [2.75, 3.05) is 6.61 Å². The fourth-order valence-corrected chi connectivity index (χ4v) is 2.43. The number of benzene rings is 1. The van der Waals surface area contributed by atoms with Crippen LogP contribution in [0, 0.1) is 11.3 Å². The van der Waals surface area contributed by atoms with Gasteiger partial charge >= 0.3 is 0 Å². The van der Waals surface area contributed by atoms with Crippen LogP contribution in [0.5, 0.6) is 0 Å². The van der Waals surface area contributed by atoms with Gasteiger partial charge < -0.3 is 9.52 Å². The van der Waals surface area contributed by atoms with E-state index in [4.69, 9.17) is 27.6 Å². The quantitative estimate of drug-likeness (QED) is 0.913. The topological polar surface area (TPSA) is 70.0 Å². The number of rotatable bonds is 5. The second-order valence-electron chi connectivity index (χ2n) is 4.30. The minimum absolute atomic E-state index is 0.0507. The molecule has 1 N–H and O–H groups in total. The maximum atomic E-state index is 9.47. The normalized spacial score (nSPS) is 13.7. The Kier molecular flexibility index (Phi) is 5.02. The first-order valence-corrected chi connectivity index (χ1v) is 6.76. The number of oxazole rings is 1. The number of halogens is 2. The van der Waals surface area contributed by atoms with Gasteiger partial charge in [-0.1, -0.05) is 29.3 Å². The molecule has 0 aliphatic carbocycles. The molecule has 0 saturated carbocycles. The second kappa shape index (κ2) is 6.76. The van der Waals surface area contributed by atoms with Crippen molar-refractivity contribution in [2.24, 2.45) is 0 Å². The van der Waals surface area contributed by atoms with E-state index >= 15 is 0 Å². The van der Waals surface area contributed by atoms with Crippen molar-refractivity contribution in [1.29, 1.82) is 5.26 Å². The van der Waals surface area contributed by atoms with Crippen molar-refractivity contribution in [2.45, 2.75) is 18.3 Å². The molecule has 104 valence electrons. The molecule has 0 bridgehead atoms. The third-order valence-electron chi connectivity index (χ3n) is 3.10. The molecule has 1 aromatic carbocycles. The largest absolute Gasteiger partial charge is 0.448 e. The lowest BCUT2D eigenvalue weighted by molar-refractivity contribution is 0.263. The first kappa shape index (κ1) is 14.9. The summed E-state index contributed by atoms with van der Waals surface area (Å²) >= 11 is 11.9. The number of nitrogens with zero attached hydrogens (tertiary/aromatic N) is 2. The first-order valence-electron chi connectivity index (χ1n) is 6.01. The minimum atomic E-state index is -0.495. The van der Waals surface area contributed by atoms with Gasteiger partial charge in [-0.2, -0.15) is 5.26 Å². The molecule has 20 heavy (non-hydrogen) atoms. The van der Waals surface area contributed by atoms with Crippen molar-refractivity contribution < 1.29 is 9.52 Å². The highest BCUT2D eigenvalue weighted by molar-refractivity contribution is 6.42. The van der Waals surface area contributed by atoms with Crippen LogP contribution in [-0.2, 0) is 0 Å². The number of hydrogen-bond acceptors (Lipinski definition) is 4. The Hall–Kier alpha value is -1.54. The summed E-state index contributed by atoms with van der Waals surface area (Å²) in [4.78, 5) is 3.86. The van der Waals surface area contributed by atoms with E-state index < -0.39 is 5.92 Å². The van der Waals surface area contributed by atoms with Crippen molar-refractivity contribution in [3.63, 3.8) is 0 Å². The maximum absolute atomic E-state index is 9.47. The van der Waals surface area contributed by atoms with E-state index in [1.165, 1.54) is 6.39 Å². The molecule has 1 heterocycles. The third-order valence-corrected chi connectivity index (χ3v) is 3.84. The molecule has 2 atom stereocenters. The molecule has 2 rings (SSSR count). The lowest BCUT2D eigenvalue weighted by Crippen LogP contribution is -2.11. The molecule has 4 nitrogen and oxygen atoms in total. The van der Waals surface area contributed by atoms with E-state index in [-0.39, 0.29) is 12.5 Å². The predicted octanol–water partition coefficient (Wildman–Crippen LogP) is 3.75. The van der Waals surface area contributed by atoms with Gasteiger partial charge in [0.15, 0.2) is 6.39 Å². The first-order chi connectivity index (χ1) is 9.67. The van der Waals surface area contributed by atoms with Crippen LogP contribution in [0.15, 0.2) is 35.2 Å². The molecular formula is C14H12Cl2N2O2. The van der Waals surface area contributed by atoms with E-state index in [1.54, 1.807) is 24.4 Å². The zero-order valence-electron chi connectivity index (χ0n) is 10.5. The number of aliphatic hydroxyl groups is 1. The van der Waals surface area contributed by atoms with Crippen LogP contribution in [0.2, 0.25) is 10.0 Å². The van der Waals surface area contributed by atoms with Crippen LogP contribution in [0.25, 0.3) is 0 Å². The van der Waals surface area contributed by atoms with Gasteiger partial charge in [0, 0.05) is 12.5 Å². The van der Waals surface area contributed by atoms with Crippen LogP contribution >= 0.6 is 23.2 Å². The molecule has 0 amide bonds. The lowest BCUT2D eigenvalue weighted by atomic mass is 9.83. The van der Waals surface area contributed by atoms with Crippen LogP contribution in [0.1, 0.15) is 29.6 Å². The average molecular weight is 311 g/mol. The summed E-state index contributed by atoms with van der Waals surface area (Å²) in [7, 11) is 0. The van der Waals surface area contributed by atoms with Crippen molar-refractivity contribution in [3.8, 4) is 6.07 Å². The van der Waals surface area contributed by atoms with E-state index in [2.05, 4.69) is 11.1 Å². The summed E-state index contributed by atoms with van der Waals surface area (Å²) < 4.78 is 5.27. The van der Waals surface area contributed by atoms with Gasteiger partial charge in [-0.05, 0) is 24.1 Å². The summed E-state index contributed by atoms with van der Waals surface area (Å²) in [6.45, 7) is -0.0507. The molecule has 0 saturated heterocycles. The standard InChI is InChI=1S/C14H12Cl2N2O2/c15-12-2-1-9(5-13(12)16)11(6-17)10(3-4-19)14-7-18-8-20-14/h1-2,5,7-8,10-11,19H,3-4H2/t10-,11+/m0/s1. The van der Waals surface area contributed by atoms with Gasteiger partial charge in [-0.25, -0.2) is 4.98 Å². The van der Waals surface area contributed by atoms with Crippen LogP contribution in [0.3, 0.4) is 0 Å². The summed E-state index contributed by atoms with van der Waals surface area (Å²) in [6.07, 6.45) is 3.26. The fraction of sp³-hybridized carbons (Fsp3) is 0.286. The minimum Gasteiger partial charge on any atom is -0.448 e. The highest BCUT2D eigenvalue weighted by atomic mass is 35.5. The van der Waals surface area contributed by atoms with Gasteiger partial charge in [-0.3, -0.25) is 0 Å². The van der Waals surface area contributed by atoms with Gasteiger partial charge in [-0.15, -0.1) is 0 Å². The Labute approximate surface area is 126 Å². The van der Waals surface area contributed by atoms with Crippen LogP contribution in [-0.4, -0.2) is 16.7 Å². The molecule has 0 aliphatic rings. The molecular weight excluding hydrogens is 299 g/mol. The van der Waals surface area contributed by atoms with Crippen molar-refractivity contribution in [3.05, 3.63) is 52.2 Å². The van der Waals surface area contributed by atoms with E-state index in [0.29, 0.717) is 22.2 Å². The van der Waals surface area contributed by atoms with E-state index in [0.717, 1.165) is 5.56 Å². The smallest absolute Gasteiger partial charge is 0.180 e. The number of aromatic nitrogens is 1. The highest BCUT2D eigenvalue weighted by Gasteiger charge is 2.27. The average Bonchev–Trinajstić information content (AvgIpc) is 2.96. The van der Waals surface area contributed by atoms with Gasteiger partial charge in [0.1, 0.15) is 5.76 Å².